The lowest BCUT2D eigenvalue weighted by molar-refractivity contribution is -0.230. The number of carbonyl (C=O) groups excluding carboxylic acids is 3. The van der Waals surface area contributed by atoms with E-state index in [-0.39, 0.29) is 13.2 Å². The smallest absolute Gasteiger partial charge is 0.333 e. The fraction of sp³-hybridized carbons (Fsp3) is 0.667. The maximum absolute atomic E-state index is 12.2. The molecule has 2 rings (SSSR count). The zero-order chi connectivity index (χ0) is 21.6. The van der Waals surface area contributed by atoms with E-state index in [1.54, 1.807) is 19.9 Å². The van der Waals surface area contributed by atoms with Crippen LogP contribution in [0.3, 0.4) is 0 Å². The van der Waals surface area contributed by atoms with Crippen molar-refractivity contribution >= 4 is 17.9 Å². The third-order valence-electron chi connectivity index (χ3n) is 5.14. The number of aliphatic hydroxyl groups is 1. The van der Waals surface area contributed by atoms with E-state index in [0.717, 1.165) is 12.8 Å². The van der Waals surface area contributed by atoms with Crippen LogP contribution < -0.4 is 0 Å². The minimum Gasteiger partial charge on any atom is -0.459 e. The van der Waals surface area contributed by atoms with Crippen LogP contribution in [-0.4, -0.2) is 60.1 Å². The van der Waals surface area contributed by atoms with Gasteiger partial charge < -0.3 is 24.1 Å². The average molecular weight is 410 g/mol. The van der Waals surface area contributed by atoms with Gasteiger partial charge in [0.25, 0.3) is 0 Å². The number of hydrogen-bond donors (Lipinski definition) is 1. The average Bonchev–Trinajstić information content (AvgIpc) is 2.67. The van der Waals surface area contributed by atoms with Crippen LogP contribution in [0.1, 0.15) is 47.0 Å². The molecule has 0 saturated carbocycles. The van der Waals surface area contributed by atoms with Crippen LogP contribution in [0, 0.1) is 5.92 Å². The summed E-state index contributed by atoms with van der Waals surface area (Å²) in [5.41, 5.74) is -0.752. The Morgan fingerprint density at radius 3 is 2.76 bits per heavy atom. The van der Waals surface area contributed by atoms with E-state index in [1.165, 1.54) is 19.1 Å². The molecule has 8 nitrogen and oxygen atoms in total. The van der Waals surface area contributed by atoms with Crippen molar-refractivity contribution in [2.75, 3.05) is 13.2 Å². The molecule has 1 spiro atoms. The molecule has 0 radical (unpaired) electrons. The normalized spacial score (nSPS) is 30.6. The number of unbranched alkanes of at least 4 members (excludes halogenated alkanes) is 1. The molecule has 2 aliphatic rings. The molecule has 29 heavy (non-hydrogen) atoms. The molecule has 2 heterocycles. The highest BCUT2D eigenvalue weighted by Gasteiger charge is 2.53. The van der Waals surface area contributed by atoms with E-state index in [0.29, 0.717) is 12.0 Å². The predicted molar refractivity (Wildman–Crippen MR) is 103 cm³/mol. The second-order valence-corrected chi connectivity index (χ2v) is 7.60. The molecule has 0 unspecified atom stereocenters. The van der Waals surface area contributed by atoms with Gasteiger partial charge in [0, 0.05) is 24.5 Å². The highest BCUT2D eigenvalue weighted by Crippen LogP contribution is 2.38. The number of cyclic esters (lactones) is 1. The maximum Gasteiger partial charge on any atom is 0.333 e. The Kier molecular flexibility index (Phi) is 7.98. The Balaban J connectivity index is 2.10. The fourth-order valence-corrected chi connectivity index (χ4v) is 3.53. The summed E-state index contributed by atoms with van der Waals surface area (Å²) in [6.07, 6.45) is 4.44. The predicted octanol–water partition coefficient (Wildman–Crippen LogP) is 1.85. The quantitative estimate of drug-likeness (QED) is 0.385. The van der Waals surface area contributed by atoms with Crippen molar-refractivity contribution in [3.05, 3.63) is 23.8 Å². The minimum absolute atomic E-state index is 0.0538. The largest absolute Gasteiger partial charge is 0.459 e. The molecule has 0 amide bonds. The van der Waals surface area contributed by atoms with Crippen LogP contribution in [0.4, 0.5) is 0 Å². The zero-order valence-corrected chi connectivity index (χ0v) is 17.4. The molecular weight excluding hydrogens is 380 g/mol. The Morgan fingerprint density at radius 1 is 1.41 bits per heavy atom. The first-order valence-corrected chi connectivity index (χ1v) is 9.93. The highest BCUT2D eigenvalue weighted by atomic mass is 16.6. The standard InChI is InChI=1S/C21H30O8/c1-5-6-7-16(23)8-9-18(24)29-17-11-27-21(10-13(2)20(25)26-12-21)19(14(17)3)28-15(4)22/h8-10,14,16-17,19,23H,5-7,11-12H2,1-4H3/b9-8+/t14-,16+,17+,19+,21+/m1/s1. The number of esters is 3. The lowest BCUT2D eigenvalue weighted by atomic mass is 9.80. The molecule has 1 N–H and O–H groups in total. The van der Waals surface area contributed by atoms with Crippen molar-refractivity contribution in [1.29, 1.82) is 0 Å². The van der Waals surface area contributed by atoms with E-state index in [4.69, 9.17) is 18.9 Å². The minimum atomic E-state index is -1.11. The monoisotopic (exact) mass is 410 g/mol. The van der Waals surface area contributed by atoms with Crippen LogP contribution in [0.15, 0.2) is 23.8 Å². The van der Waals surface area contributed by atoms with E-state index < -0.39 is 47.7 Å². The summed E-state index contributed by atoms with van der Waals surface area (Å²) in [6, 6.07) is 0. The topological polar surface area (TPSA) is 108 Å². The molecule has 0 aromatic rings. The maximum atomic E-state index is 12.2. The van der Waals surface area contributed by atoms with Gasteiger partial charge in [-0.05, 0) is 25.5 Å². The van der Waals surface area contributed by atoms with Crippen molar-refractivity contribution in [3.63, 3.8) is 0 Å². The van der Waals surface area contributed by atoms with Crippen LogP contribution in [0.25, 0.3) is 0 Å². The van der Waals surface area contributed by atoms with Gasteiger partial charge >= 0.3 is 17.9 Å². The van der Waals surface area contributed by atoms with Crippen molar-refractivity contribution in [2.24, 2.45) is 5.92 Å². The van der Waals surface area contributed by atoms with E-state index in [9.17, 15) is 19.5 Å². The molecular formula is C21H30O8. The van der Waals surface area contributed by atoms with Crippen LogP contribution in [-0.2, 0) is 33.3 Å². The Bertz CT molecular complexity index is 682. The number of aliphatic hydroxyl groups excluding tert-OH is 1. The number of hydrogen-bond acceptors (Lipinski definition) is 8. The van der Waals surface area contributed by atoms with Gasteiger partial charge in [0.1, 0.15) is 18.8 Å². The van der Waals surface area contributed by atoms with Crippen molar-refractivity contribution < 1.29 is 38.4 Å². The Labute approximate surface area is 170 Å². The van der Waals surface area contributed by atoms with Gasteiger partial charge in [0.2, 0.25) is 0 Å². The molecule has 162 valence electrons. The lowest BCUT2D eigenvalue weighted by Gasteiger charge is -2.47. The first-order valence-electron chi connectivity index (χ1n) is 9.93. The molecule has 1 fully saturated rings. The highest BCUT2D eigenvalue weighted by molar-refractivity contribution is 5.89. The van der Waals surface area contributed by atoms with Crippen LogP contribution in [0.2, 0.25) is 0 Å². The summed E-state index contributed by atoms with van der Waals surface area (Å²) in [7, 11) is 0. The van der Waals surface area contributed by atoms with Gasteiger partial charge in [0.05, 0.1) is 12.7 Å². The number of carbonyl (C=O) groups is 3. The fourth-order valence-electron chi connectivity index (χ4n) is 3.53. The molecule has 0 bridgehead atoms. The molecule has 2 aliphatic heterocycles. The zero-order valence-electron chi connectivity index (χ0n) is 17.4. The first-order chi connectivity index (χ1) is 13.7. The third-order valence-corrected chi connectivity index (χ3v) is 5.14. The Morgan fingerprint density at radius 2 is 2.14 bits per heavy atom. The molecule has 8 heteroatoms. The van der Waals surface area contributed by atoms with Crippen LogP contribution in [0.5, 0.6) is 0 Å². The first kappa shape index (κ1) is 23.1. The number of rotatable bonds is 7. The van der Waals surface area contributed by atoms with E-state index >= 15 is 0 Å². The van der Waals surface area contributed by atoms with Crippen molar-refractivity contribution in [1.82, 2.24) is 0 Å². The second kappa shape index (κ2) is 10.0. The third kappa shape index (κ3) is 5.90. The summed E-state index contributed by atoms with van der Waals surface area (Å²) < 4.78 is 22.1. The Hall–Kier alpha value is -2.19. The molecule has 5 atom stereocenters. The summed E-state index contributed by atoms with van der Waals surface area (Å²) in [5, 5.41) is 9.82. The van der Waals surface area contributed by atoms with Crippen LogP contribution >= 0.6 is 0 Å². The van der Waals surface area contributed by atoms with E-state index in [1.807, 2.05) is 6.92 Å². The molecule has 1 saturated heterocycles. The number of ether oxygens (including phenoxy) is 4. The van der Waals surface area contributed by atoms with Crippen molar-refractivity contribution in [2.45, 2.75) is 70.9 Å². The molecule has 0 aromatic heterocycles. The molecule has 0 aromatic carbocycles. The summed E-state index contributed by atoms with van der Waals surface area (Å²) in [5.74, 6) is -1.98. The summed E-state index contributed by atoms with van der Waals surface area (Å²) in [6.45, 7) is 6.65. The molecule has 0 aliphatic carbocycles. The van der Waals surface area contributed by atoms with Gasteiger partial charge in [-0.1, -0.05) is 26.7 Å². The van der Waals surface area contributed by atoms with Gasteiger partial charge in [0.15, 0.2) is 5.60 Å². The van der Waals surface area contributed by atoms with Gasteiger partial charge in [-0.25, -0.2) is 9.59 Å². The summed E-state index contributed by atoms with van der Waals surface area (Å²) in [4.78, 5) is 35.5. The second-order valence-electron chi connectivity index (χ2n) is 7.60. The lowest BCUT2D eigenvalue weighted by Crippen LogP contribution is -2.62. The van der Waals surface area contributed by atoms with E-state index in [2.05, 4.69) is 0 Å². The van der Waals surface area contributed by atoms with Gasteiger partial charge in [-0.15, -0.1) is 0 Å². The SMILES string of the molecule is CCCC[C@H](O)/C=C/C(=O)O[C@H]1CO[C@]2(C=C(C)C(=O)OC2)[C@@H](OC(C)=O)[C@@H]1C. The van der Waals surface area contributed by atoms with Gasteiger partial charge in [-0.3, -0.25) is 4.79 Å². The van der Waals surface area contributed by atoms with Gasteiger partial charge in [-0.2, -0.15) is 0 Å². The van der Waals surface area contributed by atoms with Crippen molar-refractivity contribution in [3.8, 4) is 0 Å². The summed E-state index contributed by atoms with van der Waals surface area (Å²) >= 11 is 0.